The van der Waals surface area contributed by atoms with Crippen LogP contribution in [0, 0.1) is 5.41 Å². The number of quaternary nitrogens is 1. The number of amides is 2. The number of nitrogens with zero attached hydrogens (tertiary/aromatic N) is 1. The molecule has 9 nitrogen and oxygen atoms in total. The van der Waals surface area contributed by atoms with Crippen molar-refractivity contribution in [1.29, 1.82) is 5.41 Å². The molecular formula is C22H19ClN5O4S2+. The lowest BCUT2D eigenvalue weighted by atomic mass is 10.1. The van der Waals surface area contributed by atoms with Crippen LogP contribution in [-0.2, 0) is 10.0 Å². The maximum absolute atomic E-state index is 13.0. The summed E-state index contributed by atoms with van der Waals surface area (Å²) in [5, 5.41) is 13.3. The Morgan fingerprint density at radius 3 is 2.47 bits per heavy atom. The number of anilines is 1. The maximum Gasteiger partial charge on any atom is 0.333 e. The molecule has 0 spiro atoms. The smallest absolute Gasteiger partial charge is 0.307 e. The van der Waals surface area contributed by atoms with Gasteiger partial charge in [0.2, 0.25) is 5.84 Å². The topological polar surface area (TPSA) is 138 Å². The first-order valence-corrected chi connectivity index (χ1v) is 12.6. The van der Waals surface area contributed by atoms with Crippen LogP contribution in [0.4, 0.5) is 10.5 Å². The monoisotopic (exact) mass is 516 g/mol. The highest BCUT2D eigenvalue weighted by molar-refractivity contribution is 7.92. The number of sulfonamides is 1. The fraction of sp³-hybridized carbons (Fsp3) is 0.0455. The van der Waals surface area contributed by atoms with E-state index < -0.39 is 16.1 Å². The number of rotatable bonds is 5. The molecule has 12 heteroatoms. The summed E-state index contributed by atoms with van der Waals surface area (Å²) in [5.74, 6) is 0.380. The van der Waals surface area contributed by atoms with Crippen molar-refractivity contribution in [3.8, 4) is 5.69 Å². The number of benzene rings is 2. The molecule has 2 amide bonds. The standard InChI is InChI=1S/C22H18ClN5O4S2/c1-25-20(24)14-2-7-17-13(12-14)10-11-28(21(17)29)16-5-3-15(4-6-16)26-22(30)27-34(31,32)19-9-8-18(23)33-19/h2-12H,1H3,(H2,24,25)(H2,26,27,30)/p+1. The third-order valence-corrected chi connectivity index (χ3v) is 8.00. The Labute approximate surface area is 203 Å². The van der Waals surface area contributed by atoms with Crippen molar-refractivity contribution in [1.82, 2.24) is 9.29 Å². The lowest BCUT2D eigenvalue weighted by Crippen LogP contribution is -2.83. The molecular weight excluding hydrogens is 498 g/mol. The van der Waals surface area contributed by atoms with Crippen molar-refractivity contribution in [3.63, 3.8) is 0 Å². The van der Waals surface area contributed by atoms with Crippen molar-refractivity contribution in [2.75, 3.05) is 12.4 Å². The number of fused-ring (bicyclic) bond motifs is 1. The molecule has 0 fully saturated rings. The molecule has 0 unspecified atom stereocenters. The molecule has 4 aromatic rings. The van der Waals surface area contributed by atoms with Crippen LogP contribution in [0.5, 0.6) is 0 Å². The fourth-order valence-electron chi connectivity index (χ4n) is 3.26. The number of hydrogen-bond donors (Lipinski definition) is 4. The summed E-state index contributed by atoms with van der Waals surface area (Å²) < 4.78 is 28.1. The second-order valence-electron chi connectivity index (χ2n) is 7.16. The van der Waals surface area contributed by atoms with E-state index >= 15 is 0 Å². The van der Waals surface area contributed by atoms with E-state index in [0.717, 1.165) is 22.3 Å². The number of carbonyl (C=O) groups excluding carboxylic acids is 1. The van der Waals surface area contributed by atoms with E-state index in [9.17, 15) is 18.0 Å². The number of halogens is 1. The number of pyridine rings is 1. The van der Waals surface area contributed by atoms with Gasteiger partial charge in [-0.3, -0.25) is 20.1 Å². The Balaban J connectivity index is 1.52. The molecule has 34 heavy (non-hydrogen) atoms. The summed E-state index contributed by atoms with van der Waals surface area (Å²) in [6.07, 6.45) is 1.64. The molecule has 2 heterocycles. The van der Waals surface area contributed by atoms with Crippen LogP contribution >= 0.6 is 22.9 Å². The zero-order valence-corrected chi connectivity index (χ0v) is 20.1. The SMILES string of the molecule is C[NH2+]C(=N)c1ccc2c(=O)n(-c3ccc(NC(=O)NS(=O)(=O)c4ccc(Cl)s4)cc3)ccc2c1. The first-order chi connectivity index (χ1) is 16.2. The van der Waals surface area contributed by atoms with Crippen LogP contribution in [0.25, 0.3) is 16.5 Å². The number of nitrogen functional groups attached to an aromatic ring is 1. The van der Waals surface area contributed by atoms with E-state index in [0.29, 0.717) is 26.9 Å². The molecule has 2 aromatic carbocycles. The lowest BCUT2D eigenvalue weighted by Gasteiger charge is -2.10. The van der Waals surface area contributed by atoms with Gasteiger partial charge >= 0.3 is 6.03 Å². The minimum Gasteiger partial charge on any atom is -0.307 e. The molecule has 0 atom stereocenters. The summed E-state index contributed by atoms with van der Waals surface area (Å²) in [7, 11) is -2.25. The largest absolute Gasteiger partial charge is 0.333 e. The highest BCUT2D eigenvalue weighted by Gasteiger charge is 2.20. The number of amidine groups is 1. The van der Waals surface area contributed by atoms with Crippen molar-refractivity contribution >= 4 is 61.3 Å². The fourth-order valence-corrected chi connectivity index (χ4v) is 5.65. The Morgan fingerprint density at radius 1 is 1.09 bits per heavy atom. The van der Waals surface area contributed by atoms with Gasteiger partial charge in [-0.2, -0.15) is 0 Å². The van der Waals surface area contributed by atoms with Gasteiger partial charge in [-0.1, -0.05) is 11.6 Å². The molecule has 0 aliphatic rings. The van der Waals surface area contributed by atoms with Gasteiger partial charge in [-0.05, 0) is 66.0 Å². The highest BCUT2D eigenvalue weighted by Crippen LogP contribution is 2.25. The van der Waals surface area contributed by atoms with Crippen molar-refractivity contribution < 1.29 is 18.5 Å². The van der Waals surface area contributed by atoms with Crippen molar-refractivity contribution in [2.45, 2.75) is 4.21 Å². The zero-order valence-electron chi connectivity index (χ0n) is 17.7. The summed E-state index contributed by atoms with van der Waals surface area (Å²) in [4.78, 5) is 25.1. The van der Waals surface area contributed by atoms with Crippen molar-refractivity contribution in [2.24, 2.45) is 0 Å². The summed E-state index contributed by atoms with van der Waals surface area (Å²) >= 11 is 6.60. The third-order valence-electron chi connectivity index (χ3n) is 4.95. The number of urea groups is 1. The third kappa shape index (κ3) is 4.87. The first-order valence-electron chi connectivity index (χ1n) is 9.91. The molecule has 4 rings (SSSR count). The van der Waals surface area contributed by atoms with Gasteiger partial charge in [0.1, 0.15) is 4.21 Å². The summed E-state index contributed by atoms with van der Waals surface area (Å²) in [6, 6.07) is 15.2. The number of carbonyl (C=O) groups is 1. The number of thiophene rings is 1. The van der Waals surface area contributed by atoms with Crippen LogP contribution in [0.15, 0.2) is 75.9 Å². The van der Waals surface area contributed by atoms with Gasteiger partial charge < -0.3 is 5.32 Å². The van der Waals surface area contributed by atoms with E-state index in [4.69, 9.17) is 17.0 Å². The number of hydrogen-bond acceptors (Lipinski definition) is 6. The second-order valence-corrected chi connectivity index (χ2v) is 10.8. The zero-order chi connectivity index (χ0) is 24.5. The summed E-state index contributed by atoms with van der Waals surface area (Å²) in [6.45, 7) is 0. The van der Waals surface area contributed by atoms with Gasteiger partial charge in [-0.15, -0.1) is 11.3 Å². The van der Waals surface area contributed by atoms with Gasteiger partial charge in [0.15, 0.2) is 0 Å². The number of aromatic nitrogens is 1. The lowest BCUT2D eigenvalue weighted by molar-refractivity contribution is -0.506. The molecule has 0 bridgehead atoms. The van der Waals surface area contributed by atoms with Crippen LogP contribution < -0.4 is 20.9 Å². The van der Waals surface area contributed by atoms with Crippen LogP contribution in [0.1, 0.15) is 5.56 Å². The van der Waals surface area contributed by atoms with Crippen LogP contribution in [0.2, 0.25) is 4.34 Å². The van der Waals surface area contributed by atoms with Crippen molar-refractivity contribution in [3.05, 3.63) is 87.1 Å². The average Bonchev–Trinajstić information content (AvgIpc) is 3.26. The van der Waals surface area contributed by atoms with E-state index in [-0.39, 0.29) is 9.77 Å². The Bertz CT molecular complexity index is 1580. The van der Waals surface area contributed by atoms with Crippen LogP contribution in [0.3, 0.4) is 0 Å². The molecule has 174 valence electrons. The molecule has 0 aliphatic carbocycles. The molecule has 0 radical (unpaired) electrons. The van der Waals surface area contributed by atoms with E-state index in [1.54, 1.807) is 67.1 Å². The highest BCUT2D eigenvalue weighted by atomic mass is 35.5. The van der Waals surface area contributed by atoms with Crippen LogP contribution in [-0.4, -0.2) is 31.9 Å². The second kappa shape index (κ2) is 9.39. The normalized spacial score (nSPS) is 11.4. The maximum atomic E-state index is 13.0. The number of nitrogens with two attached hydrogens (primary N) is 1. The average molecular weight is 517 g/mol. The first kappa shape index (κ1) is 23.6. The predicted octanol–water partition coefficient (Wildman–Crippen LogP) is 2.73. The van der Waals surface area contributed by atoms with Gasteiger partial charge in [0.05, 0.1) is 16.9 Å². The molecule has 0 saturated carbocycles. The molecule has 2 aromatic heterocycles. The van der Waals surface area contributed by atoms with Gasteiger partial charge in [0, 0.05) is 23.0 Å². The summed E-state index contributed by atoms with van der Waals surface area (Å²) in [5.41, 5.74) is 1.41. The van der Waals surface area contributed by atoms with Gasteiger partial charge in [0.25, 0.3) is 15.6 Å². The van der Waals surface area contributed by atoms with E-state index in [2.05, 4.69) is 5.32 Å². The Hall–Kier alpha value is -3.51. The van der Waals surface area contributed by atoms with E-state index in [1.165, 1.54) is 16.7 Å². The Morgan fingerprint density at radius 2 is 1.82 bits per heavy atom. The molecule has 5 N–H and O–H groups in total. The predicted molar refractivity (Wildman–Crippen MR) is 133 cm³/mol. The molecule has 0 saturated heterocycles. The minimum atomic E-state index is -4.04. The minimum absolute atomic E-state index is 0.0736. The van der Waals surface area contributed by atoms with E-state index in [1.807, 2.05) is 4.72 Å². The quantitative estimate of drug-likeness (QED) is 0.239. The Kier molecular flexibility index (Phi) is 6.53. The number of nitrogens with one attached hydrogen (secondary N) is 3. The molecule has 0 aliphatic heterocycles. The van der Waals surface area contributed by atoms with Gasteiger partial charge in [-0.25, -0.2) is 17.9 Å².